The van der Waals surface area contributed by atoms with Crippen molar-refractivity contribution in [3.8, 4) is 0 Å². The molecule has 1 aromatic carbocycles. The Hall–Kier alpha value is -0.830. The maximum Gasteiger partial charge on any atom is 0.222 e. The second kappa shape index (κ2) is 5.91. The van der Waals surface area contributed by atoms with E-state index in [-0.39, 0.29) is 11.8 Å². The molecule has 0 fully saturated rings. The van der Waals surface area contributed by atoms with Gasteiger partial charge < -0.3 is 5.32 Å². The quantitative estimate of drug-likeness (QED) is 0.837. The summed E-state index contributed by atoms with van der Waals surface area (Å²) in [6, 6.07) is 8.18. The van der Waals surface area contributed by atoms with Gasteiger partial charge in [-0.15, -0.1) is 0 Å². The third-order valence-electron chi connectivity index (χ3n) is 2.14. The summed E-state index contributed by atoms with van der Waals surface area (Å²) in [4.78, 5) is 11.4. The number of amides is 1. The zero-order valence-corrected chi connectivity index (χ0v) is 10.7. The van der Waals surface area contributed by atoms with Gasteiger partial charge in [0, 0.05) is 17.8 Å². The van der Waals surface area contributed by atoms with Crippen LogP contribution in [0.3, 0.4) is 0 Å². The van der Waals surface area contributed by atoms with Gasteiger partial charge in [0.1, 0.15) is 0 Å². The highest BCUT2D eigenvalue weighted by atomic mass is 79.9. The van der Waals surface area contributed by atoms with E-state index in [0.29, 0.717) is 6.54 Å². The number of hydrogen-bond donors (Lipinski definition) is 1. The first kappa shape index (κ1) is 12.2. The van der Waals surface area contributed by atoms with Gasteiger partial charge in [-0.05, 0) is 11.1 Å². The van der Waals surface area contributed by atoms with Gasteiger partial charge in [-0.25, -0.2) is 0 Å². The van der Waals surface area contributed by atoms with E-state index in [1.54, 1.807) is 0 Å². The van der Waals surface area contributed by atoms with Crippen LogP contribution in [-0.4, -0.2) is 5.91 Å². The molecule has 0 unspecified atom stereocenters. The first-order valence-electron chi connectivity index (χ1n) is 5.05. The minimum absolute atomic E-state index is 0.0457. The van der Waals surface area contributed by atoms with Crippen LogP contribution in [0.2, 0.25) is 0 Å². The van der Waals surface area contributed by atoms with E-state index in [1.165, 1.54) is 5.56 Å². The highest BCUT2D eigenvalue weighted by Crippen LogP contribution is 2.08. The predicted molar refractivity (Wildman–Crippen MR) is 65.8 cm³/mol. The number of benzene rings is 1. The number of hydrogen-bond acceptors (Lipinski definition) is 1. The molecular formula is C12H16BrNO. The van der Waals surface area contributed by atoms with Gasteiger partial charge in [-0.1, -0.05) is 54.0 Å². The lowest BCUT2D eigenvalue weighted by Crippen LogP contribution is -2.27. The first-order chi connectivity index (χ1) is 7.13. The highest BCUT2D eigenvalue weighted by molar-refractivity contribution is 9.08. The zero-order valence-electron chi connectivity index (χ0n) is 9.09. The standard InChI is InChI=1S/C12H16BrNO/c1-9(2)12(15)14-8-11-5-3-4-10(6-11)7-13/h3-6,9H,7-8H2,1-2H3,(H,14,15). The Labute approximate surface area is 99.2 Å². The van der Waals surface area contributed by atoms with E-state index in [1.807, 2.05) is 26.0 Å². The van der Waals surface area contributed by atoms with Crippen LogP contribution >= 0.6 is 15.9 Å². The summed E-state index contributed by atoms with van der Waals surface area (Å²) in [6.07, 6.45) is 0. The Bertz CT molecular complexity index is 336. The Morgan fingerprint density at radius 1 is 1.40 bits per heavy atom. The summed E-state index contributed by atoms with van der Waals surface area (Å²) >= 11 is 3.41. The lowest BCUT2D eigenvalue weighted by Gasteiger charge is -2.08. The molecule has 1 aromatic rings. The number of halogens is 1. The fourth-order valence-electron chi connectivity index (χ4n) is 1.22. The zero-order chi connectivity index (χ0) is 11.3. The molecule has 2 nitrogen and oxygen atoms in total. The molecule has 0 aliphatic rings. The fourth-order valence-corrected chi connectivity index (χ4v) is 1.56. The number of alkyl halides is 1. The van der Waals surface area contributed by atoms with Crippen molar-refractivity contribution in [1.82, 2.24) is 5.32 Å². The van der Waals surface area contributed by atoms with Crippen molar-refractivity contribution in [2.45, 2.75) is 25.7 Å². The number of rotatable bonds is 4. The average Bonchev–Trinajstić information content (AvgIpc) is 2.26. The molecule has 0 aromatic heterocycles. The van der Waals surface area contributed by atoms with Crippen molar-refractivity contribution < 1.29 is 4.79 Å². The fraction of sp³-hybridized carbons (Fsp3) is 0.417. The van der Waals surface area contributed by atoms with E-state index in [0.717, 1.165) is 10.9 Å². The molecule has 15 heavy (non-hydrogen) atoms. The topological polar surface area (TPSA) is 29.1 Å². The summed E-state index contributed by atoms with van der Waals surface area (Å²) in [6.45, 7) is 4.40. The Morgan fingerprint density at radius 3 is 2.67 bits per heavy atom. The average molecular weight is 270 g/mol. The SMILES string of the molecule is CC(C)C(=O)NCc1cccc(CBr)c1. The predicted octanol–water partition coefficient (Wildman–Crippen LogP) is 2.85. The maximum absolute atomic E-state index is 11.4. The minimum atomic E-state index is 0.0457. The lowest BCUT2D eigenvalue weighted by molar-refractivity contribution is -0.124. The van der Waals surface area contributed by atoms with Crippen LogP contribution in [0.15, 0.2) is 24.3 Å². The van der Waals surface area contributed by atoms with Gasteiger partial charge in [0.05, 0.1) is 0 Å². The third-order valence-corrected chi connectivity index (χ3v) is 2.78. The van der Waals surface area contributed by atoms with E-state index >= 15 is 0 Å². The molecule has 3 heteroatoms. The third kappa shape index (κ3) is 4.04. The molecule has 0 atom stereocenters. The van der Waals surface area contributed by atoms with Gasteiger partial charge in [0.2, 0.25) is 5.91 Å². The van der Waals surface area contributed by atoms with Crippen LogP contribution in [0.4, 0.5) is 0 Å². The van der Waals surface area contributed by atoms with Crippen LogP contribution in [0.25, 0.3) is 0 Å². The van der Waals surface area contributed by atoms with Gasteiger partial charge in [0.15, 0.2) is 0 Å². The van der Waals surface area contributed by atoms with Crippen molar-refractivity contribution in [2.75, 3.05) is 0 Å². The second-order valence-corrected chi connectivity index (χ2v) is 4.39. The first-order valence-corrected chi connectivity index (χ1v) is 6.17. The van der Waals surface area contributed by atoms with Gasteiger partial charge in [0.25, 0.3) is 0 Å². The summed E-state index contributed by atoms with van der Waals surface area (Å²) in [5.41, 5.74) is 2.37. The molecule has 0 bridgehead atoms. The number of carbonyl (C=O) groups is 1. The van der Waals surface area contributed by atoms with Crippen molar-refractivity contribution in [3.63, 3.8) is 0 Å². The van der Waals surface area contributed by atoms with Crippen molar-refractivity contribution in [2.24, 2.45) is 5.92 Å². The summed E-state index contributed by atoms with van der Waals surface area (Å²) < 4.78 is 0. The largest absolute Gasteiger partial charge is 0.352 e. The minimum Gasteiger partial charge on any atom is -0.352 e. The molecule has 1 amide bonds. The monoisotopic (exact) mass is 269 g/mol. The lowest BCUT2D eigenvalue weighted by atomic mass is 10.1. The Kier molecular flexibility index (Phi) is 4.82. The number of carbonyl (C=O) groups excluding carboxylic acids is 1. The molecular weight excluding hydrogens is 254 g/mol. The van der Waals surface area contributed by atoms with E-state index in [4.69, 9.17) is 0 Å². The molecule has 0 saturated carbocycles. The van der Waals surface area contributed by atoms with Crippen LogP contribution in [0, 0.1) is 5.92 Å². The maximum atomic E-state index is 11.4. The Balaban J connectivity index is 2.54. The van der Waals surface area contributed by atoms with Crippen molar-refractivity contribution in [3.05, 3.63) is 35.4 Å². The second-order valence-electron chi connectivity index (χ2n) is 3.83. The molecule has 1 rings (SSSR count). The van der Waals surface area contributed by atoms with Crippen molar-refractivity contribution in [1.29, 1.82) is 0 Å². The summed E-state index contributed by atoms with van der Waals surface area (Å²) in [5, 5.41) is 3.74. The summed E-state index contributed by atoms with van der Waals surface area (Å²) in [5.74, 6) is 0.142. The molecule has 0 spiro atoms. The molecule has 0 aliphatic carbocycles. The smallest absolute Gasteiger partial charge is 0.222 e. The van der Waals surface area contributed by atoms with Gasteiger partial charge in [-0.2, -0.15) is 0 Å². The van der Waals surface area contributed by atoms with Gasteiger partial charge in [-0.3, -0.25) is 4.79 Å². The van der Waals surface area contributed by atoms with Crippen molar-refractivity contribution >= 4 is 21.8 Å². The summed E-state index contributed by atoms with van der Waals surface area (Å²) in [7, 11) is 0. The highest BCUT2D eigenvalue weighted by Gasteiger charge is 2.05. The molecule has 82 valence electrons. The van der Waals surface area contributed by atoms with Crippen LogP contribution < -0.4 is 5.32 Å². The Morgan fingerprint density at radius 2 is 2.07 bits per heavy atom. The van der Waals surface area contributed by atoms with E-state index in [2.05, 4.69) is 33.4 Å². The molecule has 0 aliphatic heterocycles. The molecule has 0 radical (unpaired) electrons. The number of nitrogens with one attached hydrogen (secondary N) is 1. The molecule has 1 N–H and O–H groups in total. The normalized spacial score (nSPS) is 10.4. The van der Waals surface area contributed by atoms with Crippen LogP contribution in [0.5, 0.6) is 0 Å². The van der Waals surface area contributed by atoms with Crippen LogP contribution in [0.1, 0.15) is 25.0 Å². The molecule has 0 heterocycles. The van der Waals surface area contributed by atoms with Gasteiger partial charge >= 0.3 is 0 Å². The van der Waals surface area contributed by atoms with E-state index in [9.17, 15) is 4.79 Å². The van der Waals surface area contributed by atoms with Crippen LogP contribution in [-0.2, 0) is 16.7 Å². The van der Waals surface area contributed by atoms with E-state index < -0.39 is 0 Å². The molecule has 0 saturated heterocycles.